The fourth-order valence-electron chi connectivity index (χ4n) is 2.38. The monoisotopic (exact) mass is 311 g/mol. The molecule has 1 amide bonds. The lowest BCUT2D eigenvalue weighted by atomic mass is 10.1. The molecule has 0 aliphatic carbocycles. The number of hydrogen-bond donors (Lipinski definition) is 3. The smallest absolute Gasteiger partial charge is 0.334 e. The lowest BCUT2D eigenvalue weighted by Crippen LogP contribution is -2.40. The first-order chi connectivity index (χ1) is 11.1. The average molecular weight is 311 g/mol. The van der Waals surface area contributed by atoms with Gasteiger partial charge in [-0.1, -0.05) is 42.5 Å². The van der Waals surface area contributed by atoms with Crippen molar-refractivity contribution >= 4 is 23.0 Å². The molecule has 1 aromatic heterocycles. The minimum absolute atomic E-state index is 0.382. The zero-order chi connectivity index (χ0) is 16.4. The van der Waals surface area contributed by atoms with Crippen LogP contribution in [0.15, 0.2) is 59.4 Å². The van der Waals surface area contributed by atoms with Crippen molar-refractivity contribution in [1.29, 1.82) is 0 Å². The molecule has 0 aliphatic rings. The zero-order valence-corrected chi connectivity index (χ0v) is 11.9. The van der Waals surface area contributed by atoms with Gasteiger partial charge < -0.3 is 15.4 Å². The number of carbonyl (C=O) groups excluding carboxylic acids is 1. The number of nitrogens with zero attached hydrogens (tertiary/aromatic N) is 1. The van der Waals surface area contributed by atoms with Crippen molar-refractivity contribution in [3.8, 4) is 0 Å². The second-order valence-electron chi connectivity index (χ2n) is 4.91. The number of hydrogen-bond acceptors (Lipinski definition) is 3. The van der Waals surface area contributed by atoms with Crippen LogP contribution in [0.2, 0.25) is 0 Å². The molecule has 0 bridgehead atoms. The van der Waals surface area contributed by atoms with Gasteiger partial charge in [0.25, 0.3) is 0 Å². The van der Waals surface area contributed by atoms with E-state index in [1.807, 2.05) is 0 Å². The molecule has 23 heavy (non-hydrogen) atoms. The van der Waals surface area contributed by atoms with Gasteiger partial charge in [0.1, 0.15) is 0 Å². The lowest BCUT2D eigenvalue weighted by Gasteiger charge is -2.15. The molecule has 1 heterocycles. The third-order valence-electron chi connectivity index (χ3n) is 3.44. The molecule has 0 saturated heterocycles. The molecule has 3 rings (SSSR count). The fraction of sp³-hybridized carbons (Fsp3) is 0.0625. The number of fused-ring (bicyclic) bond motifs is 1. The first-order valence-corrected chi connectivity index (χ1v) is 6.86. The maximum atomic E-state index is 12.4. The van der Waals surface area contributed by atoms with Gasteiger partial charge in [0.05, 0.1) is 11.0 Å². The van der Waals surface area contributed by atoms with Crippen molar-refractivity contribution in [3.05, 3.63) is 70.6 Å². The van der Waals surface area contributed by atoms with Crippen molar-refractivity contribution in [2.24, 2.45) is 0 Å². The van der Waals surface area contributed by atoms with Crippen LogP contribution in [0.5, 0.6) is 0 Å². The molecule has 3 aromatic rings. The second-order valence-corrected chi connectivity index (χ2v) is 4.91. The van der Waals surface area contributed by atoms with Gasteiger partial charge in [-0.2, -0.15) is 0 Å². The van der Waals surface area contributed by atoms with Gasteiger partial charge in [0.2, 0.25) is 0 Å². The Balaban J connectivity index is 1.98. The molecule has 7 heteroatoms. The quantitative estimate of drug-likeness (QED) is 0.685. The van der Waals surface area contributed by atoms with Gasteiger partial charge in [0, 0.05) is 0 Å². The number of carboxylic acid groups (broad SMARTS) is 1. The third kappa shape index (κ3) is 2.71. The molecule has 2 aromatic carbocycles. The second kappa shape index (κ2) is 5.80. The van der Waals surface area contributed by atoms with Crippen molar-refractivity contribution in [2.45, 2.75) is 6.04 Å². The summed E-state index contributed by atoms with van der Waals surface area (Å²) in [5, 5.41) is 11.7. The Morgan fingerprint density at radius 1 is 1.04 bits per heavy atom. The summed E-state index contributed by atoms with van der Waals surface area (Å²) >= 11 is 0. The first kappa shape index (κ1) is 14.6. The van der Waals surface area contributed by atoms with Crippen molar-refractivity contribution in [3.63, 3.8) is 0 Å². The first-order valence-electron chi connectivity index (χ1n) is 6.86. The molecule has 3 N–H and O–H groups in total. The van der Waals surface area contributed by atoms with Crippen LogP contribution in [-0.2, 0) is 4.79 Å². The van der Waals surface area contributed by atoms with E-state index in [9.17, 15) is 19.5 Å². The standard InChI is InChI=1S/C16H13N3O4/c20-14(21)13(10-6-2-1-3-7-10)18-16(23)19-12-9-5-4-8-11(12)17-15(19)22/h1-9,13H,(H,17,22)(H,18,23)(H,20,21). The van der Waals surface area contributed by atoms with Gasteiger partial charge in [-0.15, -0.1) is 0 Å². The number of para-hydroxylation sites is 2. The summed E-state index contributed by atoms with van der Waals surface area (Å²) in [5.41, 5.74) is 0.675. The maximum absolute atomic E-state index is 12.4. The summed E-state index contributed by atoms with van der Waals surface area (Å²) < 4.78 is 0.883. The Labute approximate surface area is 130 Å². The Kier molecular flexibility index (Phi) is 3.68. The number of carbonyl (C=O) groups is 2. The zero-order valence-electron chi connectivity index (χ0n) is 11.9. The highest BCUT2D eigenvalue weighted by Crippen LogP contribution is 2.14. The number of imidazole rings is 1. The number of aliphatic carboxylic acids is 1. The highest BCUT2D eigenvalue weighted by Gasteiger charge is 2.24. The van der Waals surface area contributed by atoms with Crippen LogP contribution in [0.25, 0.3) is 11.0 Å². The minimum atomic E-state index is -1.25. The van der Waals surface area contributed by atoms with Crippen LogP contribution in [0.3, 0.4) is 0 Å². The van der Waals surface area contributed by atoms with Gasteiger partial charge in [0.15, 0.2) is 6.04 Å². The molecule has 0 aliphatic heterocycles. The Morgan fingerprint density at radius 2 is 1.70 bits per heavy atom. The summed E-state index contributed by atoms with van der Waals surface area (Å²) in [4.78, 5) is 38.4. The number of aromatic nitrogens is 2. The molecule has 0 radical (unpaired) electrons. The number of H-pyrrole nitrogens is 1. The van der Waals surface area contributed by atoms with E-state index in [-0.39, 0.29) is 0 Å². The SMILES string of the molecule is O=C(O)C(NC(=O)n1c(=O)[nH]c2ccccc21)c1ccccc1. The van der Waals surface area contributed by atoms with Crippen molar-refractivity contribution < 1.29 is 14.7 Å². The molecule has 0 spiro atoms. The van der Waals surface area contributed by atoms with E-state index in [4.69, 9.17) is 0 Å². The van der Waals surface area contributed by atoms with Crippen LogP contribution in [-0.4, -0.2) is 26.7 Å². The Hall–Kier alpha value is -3.35. The summed E-state index contributed by atoms with van der Waals surface area (Å²) in [6, 6.07) is 12.9. The van der Waals surface area contributed by atoms with Crippen LogP contribution >= 0.6 is 0 Å². The van der Waals surface area contributed by atoms with Crippen LogP contribution in [0.4, 0.5) is 4.79 Å². The minimum Gasteiger partial charge on any atom is -0.479 e. The molecular weight excluding hydrogens is 298 g/mol. The normalized spacial score (nSPS) is 12.0. The number of amides is 1. The van der Waals surface area contributed by atoms with E-state index in [1.165, 1.54) is 0 Å². The third-order valence-corrected chi connectivity index (χ3v) is 3.44. The van der Waals surface area contributed by atoms with E-state index in [0.717, 1.165) is 4.57 Å². The number of benzene rings is 2. The largest absolute Gasteiger partial charge is 0.479 e. The van der Waals surface area contributed by atoms with Crippen molar-refractivity contribution in [1.82, 2.24) is 14.9 Å². The van der Waals surface area contributed by atoms with Gasteiger partial charge in [-0.3, -0.25) is 0 Å². The van der Waals surface area contributed by atoms with Crippen molar-refractivity contribution in [2.75, 3.05) is 0 Å². The van der Waals surface area contributed by atoms with E-state index < -0.39 is 23.7 Å². The predicted octanol–water partition coefficient (Wildman–Crippen LogP) is 1.71. The van der Waals surface area contributed by atoms with Gasteiger partial charge >= 0.3 is 17.7 Å². The molecule has 0 saturated carbocycles. The maximum Gasteiger partial charge on any atom is 0.334 e. The summed E-state index contributed by atoms with van der Waals surface area (Å²) in [6.07, 6.45) is 0. The lowest BCUT2D eigenvalue weighted by molar-refractivity contribution is -0.139. The van der Waals surface area contributed by atoms with Crippen LogP contribution in [0.1, 0.15) is 11.6 Å². The predicted molar refractivity (Wildman–Crippen MR) is 83.3 cm³/mol. The fourth-order valence-corrected chi connectivity index (χ4v) is 2.38. The van der Waals surface area contributed by atoms with E-state index in [1.54, 1.807) is 54.6 Å². The Bertz CT molecular complexity index is 927. The highest BCUT2D eigenvalue weighted by atomic mass is 16.4. The topological polar surface area (TPSA) is 104 Å². The number of carboxylic acids is 1. The average Bonchev–Trinajstić information content (AvgIpc) is 2.88. The molecule has 0 fully saturated rings. The van der Waals surface area contributed by atoms with E-state index in [2.05, 4.69) is 10.3 Å². The molecule has 1 unspecified atom stereocenters. The highest BCUT2D eigenvalue weighted by molar-refractivity contribution is 5.91. The van der Waals surface area contributed by atoms with Crippen LogP contribution in [0, 0.1) is 0 Å². The number of nitrogens with one attached hydrogen (secondary N) is 2. The number of aromatic amines is 1. The summed E-state index contributed by atoms with van der Waals surface area (Å²) in [6.45, 7) is 0. The van der Waals surface area contributed by atoms with Gasteiger partial charge in [-0.05, 0) is 17.7 Å². The number of rotatable bonds is 3. The van der Waals surface area contributed by atoms with Gasteiger partial charge in [-0.25, -0.2) is 19.0 Å². The summed E-state index contributed by atoms with van der Waals surface area (Å²) in [7, 11) is 0. The molecular formula is C16H13N3O4. The van der Waals surface area contributed by atoms with Crippen LogP contribution < -0.4 is 11.0 Å². The van der Waals surface area contributed by atoms with E-state index in [0.29, 0.717) is 16.6 Å². The Morgan fingerprint density at radius 3 is 2.39 bits per heavy atom. The molecule has 7 nitrogen and oxygen atoms in total. The molecule has 1 atom stereocenters. The van der Waals surface area contributed by atoms with E-state index >= 15 is 0 Å². The summed E-state index contributed by atoms with van der Waals surface area (Å²) in [5.74, 6) is -1.21. The molecule has 116 valence electrons.